The van der Waals surface area contributed by atoms with Crippen LogP contribution in [-0.2, 0) is 9.59 Å². The zero-order valence-electron chi connectivity index (χ0n) is 13.2. The molecule has 2 aromatic carbocycles. The van der Waals surface area contributed by atoms with Crippen molar-refractivity contribution in [2.45, 2.75) is 6.92 Å². The lowest BCUT2D eigenvalue weighted by molar-refractivity contribution is -0.140. The van der Waals surface area contributed by atoms with Gasteiger partial charge in [-0.05, 0) is 31.2 Å². The van der Waals surface area contributed by atoms with E-state index >= 15 is 0 Å². The third kappa shape index (κ3) is 8.28. The van der Waals surface area contributed by atoms with Crippen molar-refractivity contribution in [2.75, 3.05) is 13.2 Å². The van der Waals surface area contributed by atoms with Gasteiger partial charge in [-0.25, -0.2) is 9.59 Å². The molecule has 2 aromatic rings. The van der Waals surface area contributed by atoms with E-state index < -0.39 is 18.5 Å². The van der Waals surface area contributed by atoms with Gasteiger partial charge in [0, 0.05) is 0 Å². The molecule has 0 atom stereocenters. The van der Waals surface area contributed by atoms with E-state index in [9.17, 15) is 9.59 Å². The standard InChI is InChI=1S/C9H10O3.C8H6Cl2O3/c1-7-2-4-8(5-3-7)12-6-9(10)11;9-5-2-1-3-6(10)8(5)13-4-7(11)12/h2-5H,6H2,1H3,(H,10,11);1-3H,4H2,(H,11,12). The quantitative estimate of drug-likeness (QED) is 0.781. The molecule has 6 nitrogen and oxygen atoms in total. The third-order valence-corrected chi connectivity index (χ3v) is 3.24. The second-order valence-corrected chi connectivity index (χ2v) is 5.54. The number of hydrogen-bond donors (Lipinski definition) is 2. The summed E-state index contributed by atoms with van der Waals surface area (Å²) in [5.74, 6) is -1.25. The number of carboxylic acid groups (broad SMARTS) is 2. The highest BCUT2D eigenvalue weighted by Crippen LogP contribution is 2.32. The molecule has 0 aliphatic rings. The number of para-hydroxylation sites is 1. The SMILES string of the molecule is Cc1ccc(OCC(=O)O)cc1.O=C(O)COc1c(Cl)cccc1Cl. The molecule has 2 rings (SSSR count). The van der Waals surface area contributed by atoms with Crippen LogP contribution < -0.4 is 9.47 Å². The fourth-order valence-electron chi connectivity index (χ4n) is 1.53. The zero-order chi connectivity index (χ0) is 18.8. The summed E-state index contributed by atoms with van der Waals surface area (Å²) in [5, 5.41) is 17.2. The van der Waals surface area contributed by atoms with Crippen LogP contribution in [0, 0.1) is 6.92 Å². The van der Waals surface area contributed by atoms with E-state index in [0.29, 0.717) is 15.8 Å². The van der Waals surface area contributed by atoms with Gasteiger partial charge >= 0.3 is 11.9 Å². The molecule has 0 unspecified atom stereocenters. The molecule has 0 aromatic heterocycles. The second-order valence-electron chi connectivity index (χ2n) is 4.73. The summed E-state index contributed by atoms with van der Waals surface area (Å²) in [6.07, 6.45) is 0. The van der Waals surface area contributed by atoms with Crippen molar-refractivity contribution in [1.82, 2.24) is 0 Å². The first-order chi connectivity index (χ1) is 11.8. The molecule has 134 valence electrons. The lowest BCUT2D eigenvalue weighted by Gasteiger charge is -2.06. The Labute approximate surface area is 154 Å². The van der Waals surface area contributed by atoms with Gasteiger partial charge < -0.3 is 19.7 Å². The van der Waals surface area contributed by atoms with Gasteiger partial charge in [-0.2, -0.15) is 0 Å². The number of hydrogen-bond acceptors (Lipinski definition) is 4. The number of ether oxygens (including phenoxy) is 2. The maximum atomic E-state index is 10.2. The van der Waals surface area contributed by atoms with Gasteiger partial charge in [-0.1, -0.05) is 47.0 Å². The number of carboxylic acids is 2. The molecule has 25 heavy (non-hydrogen) atoms. The Morgan fingerprint density at radius 2 is 1.36 bits per heavy atom. The number of rotatable bonds is 6. The second kappa shape index (κ2) is 10.4. The summed E-state index contributed by atoms with van der Waals surface area (Å²) in [4.78, 5) is 20.3. The van der Waals surface area contributed by atoms with Gasteiger partial charge in [0.05, 0.1) is 10.0 Å². The molecule has 2 N–H and O–H groups in total. The molecule has 0 bridgehead atoms. The lowest BCUT2D eigenvalue weighted by atomic mass is 10.2. The van der Waals surface area contributed by atoms with Crippen molar-refractivity contribution in [3.8, 4) is 11.5 Å². The molecule has 0 amide bonds. The zero-order valence-corrected chi connectivity index (χ0v) is 14.8. The molecule has 0 saturated heterocycles. The van der Waals surface area contributed by atoms with Crippen LogP contribution in [0.25, 0.3) is 0 Å². The van der Waals surface area contributed by atoms with Crippen molar-refractivity contribution in [3.05, 3.63) is 58.1 Å². The molecule has 0 spiro atoms. The monoisotopic (exact) mass is 386 g/mol. The van der Waals surface area contributed by atoms with Crippen LogP contribution >= 0.6 is 23.2 Å². The van der Waals surface area contributed by atoms with E-state index in [1.54, 1.807) is 30.3 Å². The van der Waals surface area contributed by atoms with Crippen molar-refractivity contribution in [2.24, 2.45) is 0 Å². The molecule has 0 aliphatic carbocycles. The van der Waals surface area contributed by atoms with E-state index in [1.807, 2.05) is 19.1 Å². The summed E-state index contributed by atoms with van der Waals surface area (Å²) >= 11 is 11.4. The van der Waals surface area contributed by atoms with Crippen molar-refractivity contribution in [1.29, 1.82) is 0 Å². The van der Waals surface area contributed by atoms with Gasteiger partial charge in [0.25, 0.3) is 0 Å². The molecule has 0 fully saturated rings. The minimum atomic E-state index is -1.07. The van der Waals surface area contributed by atoms with Gasteiger partial charge in [0.2, 0.25) is 0 Å². The summed E-state index contributed by atoms with van der Waals surface area (Å²) in [7, 11) is 0. The predicted molar refractivity (Wildman–Crippen MR) is 93.9 cm³/mol. The normalized spacial score (nSPS) is 9.56. The van der Waals surface area contributed by atoms with Crippen molar-refractivity contribution < 1.29 is 29.3 Å². The first kappa shape index (κ1) is 20.6. The summed E-state index contributed by atoms with van der Waals surface area (Å²) in [6, 6.07) is 12.0. The third-order valence-electron chi connectivity index (χ3n) is 2.64. The van der Waals surface area contributed by atoms with Crippen LogP contribution in [0.1, 0.15) is 5.56 Å². The van der Waals surface area contributed by atoms with Crippen LogP contribution in [0.2, 0.25) is 10.0 Å². The molecule has 0 heterocycles. The Morgan fingerprint density at radius 3 is 1.84 bits per heavy atom. The number of aryl methyl sites for hydroxylation is 1. The highest BCUT2D eigenvalue weighted by molar-refractivity contribution is 6.37. The van der Waals surface area contributed by atoms with Crippen molar-refractivity contribution in [3.63, 3.8) is 0 Å². The Balaban J connectivity index is 0.000000251. The van der Waals surface area contributed by atoms with E-state index in [0.717, 1.165) is 5.56 Å². The Morgan fingerprint density at radius 1 is 0.880 bits per heavy atom. The van der Waals surface area contributed by atoms with Crippen LogP contribution in [0.5, 0.6) is 11.5 Å². The summed E-state index contributed by atoms with van der Waals surface area (Å²) in [5.41, 5.74) is 1.12. The average Bonchev–Trinajstić information content (AvgIpc) is 2.54. The molecular formula is C17H16Cl2O6. The highest BCUT2D eigenvalue weighted by Gasteiger charge is 2.07. The average molecular weight is 387 g/mol. The molecule has 0 radical (unpaired) electrons. The van der Waals surface area contributed by atoms with Gasteiger partial charge in [-0.15, -0.1) is 0 Å². The number of carbonyl (C=O) groups is 2. The number of benzene rings is 2. The first-order valence-electron chi connectivity index (χ1n) is 6.99. The maximum absolute atomic E-state index is 10.2. The minimum absolute atomic E-state index is 0.202. The smallest absolute Gasteiger partial charge is 0.341 e. The van der Waals surface area contributed by atoms with Gasteiger partial charge in [0.1, 0.15) is 5.75 Å². The Kier molecular flexibility index (Phi) is 8.60. The highest BCUT2D eigenvalue weighted by atomic mass is 35.5. The van der Waals surface area contributed by atoms with Crippen LogP contribution in [0.3, 0.4) is 0 Å². The number of halogens is 2. The predicted octanol–water partition coefficient (Wildman–Crippen LogP) is 3.92. The lowest BCUT2D eigenvalue weighted by Crippen LogP contribution is -2.09. The fraction of sp³-hybridized carbons (Fsp3) is 0.176. The van der Waals surface area contributed by atoms with E-state index in [4.69, 9.17) is 42.9 Å². The molecule has 8 heteroatoms. The Hall–Kier alpha value is -2.44. The van der Waals surface area contributed by atoms with Crippen LogP contribution in [-0.4, -0.2) is 35.4 Å². The van der Waals surface area contributed by atoms with E-state index in [1.165, 1.54) is 0 Å². The largest absolute Gasteiger partial charge is 0.482 e. The van der Waals surface area contributed by atoms with Gasteiger partial charge in [-0.3, -0.25) is 0 Å². The molecule has 0 saturated carbocycles. The van der Waals surface area contributed by atoms with Crippen LogP contribution in [0.15, 0.2) is 42.5 Å². The fourth-order valence-corrected chi connectivity index (χ4v) is 2.04. The topological polar surface area (TPSA) is 93.1 Å². The van der Waals surface area contributed by atoms with E-state index in [-0.39, 0.29) is 12.4 Å². The number of aliphatic carboxylic acids is 2. The molecule has 0 aliphatic heterocycles. The molecular weight excluding hydrogens is 371 g/mol. The first-order valence-corrected chi connectivity index (χ1v) is 7.75. The van der Waals surface area contributed by atoms with Crippen LogP contribution in [0.4, 0.5) is 0 Å². The maximum Gasteiger partial charge on any atom is 0.341 e. The Bertz CT molecular complexity index is 695. The summed E-state index contributed by atoms with van der Waals surface area (Å²) < 4.78 is 9.79. The van der Waals surface area contributed by atoms with Crippen molar-refractivity contribution >= 4 is 35.1 Å². The summed E-state index contributed by atoms with van der Waals surface area (Å²) in [6.45, 7) is 1.22. The minimum Gasteiger partial charge on any atom is -0.482 e. The van der Waals surface area contributed by atoms with E-state index in [2.05, 4.69) is 0 Å². The van der Waals surface area contributed by atoms with Gasteiger partial charge in [0.15, 0.2) is 19.0 Å².